The van der Waals surface area contributed by atoms with Crippen molar-refractivity contribution in [3.05, 3.63) is 54.0 Å². The molecular formula is C12H14O2. The van der Waals surface area contributed by atoms with E-state index in [1.54, 1.807) is 0 Å². The third-order valence-corrected chi connectivity index (χ3v) is 1.86. The third kappa shape index (κ3) is 3.48. The van der Waals surface area contributed by atoms with E-state index in [9.17, 15) is 0 Å². The molecule has 0 aliphatic rings. The SMILES string of the molecule is C=C=COOCc1ccc(CC)cc1. The summed E-state index contributed by atoms with van der Waals surface area (Å²) in [5.41, 5.74) is 4.85. The Bertz CT molecular complexity index is 308. The lowest BCUT2D eigenvalue weighted by Gasteiger charge is -2.01. The zero-order valence-corrected chi connectivity index (χ0v) is 8.32. The molecule has 0 bridgehead atoms. The van der Waals surface area contributed by atoms with Crippen LogP contribution in [-0.2, 0) is 22.8 Å². The number of aryl methyl sites for hydroxylation is 1. The molecule has 0 saturated heterocycles. The van der Waals surface area contributed by atoms with Gasteiger partial charge in [0.15, 0.2) is 6.26 Å². The molecule has 0 fully saturated rings. The molecule has 0 unspecified atom stereocenters. The van der Waals surface area contributed by atoms with Gasteiger partial charge in [0, 0.05) is 0 Å². The zero-order chi connectivity index (χ0) is 10.2. The summed E-state index contributed by atoms with van der Waals surface area (Å²) < 4.78 is 0. The molecule has 0 radical (unpaired) electrons. The molecule has 1 rings (SSSR count). The Morgan fingerprint density at radius 2 is 1.93 bits per heavy atom. The second kappa shape index (κ2) is 6.03. The highest BCUT2D eigenvalue weighted by atomic mass is 17.2. The fraction of sp³-hybridized carbons (Fsp3) is 0.250. The van der Waals surface area contributed by atoms with Gasteiger partial charge in [-0.15, -0.1) is 0 Å². The predicted octanol–water partition coefficient (Wildman–Crippen LogP) is 3.00. The first-order valence-electron chi connectivity index (χ1n) is 4.57. The van der Waals surface area contributed by atoms with E-state index in [1.807, 2.05) is 12.1 Å². The van der Waals surface area contributed by atoms with Crippen LogP contribution in [0.3, 0.4) is 0 Å². The molecule has 1 aromatic carbocycles. The Balaban J connectivity index is 2.39. The van der Waals surface area contributed by atoms with E-state index in [2.05, 4.69) is 36.3 Å². The Morgan fingerprint density at radius 1 is 1.29 bits per heavy atom. The summed E-state index contributed by atoms with van der Waals surface area (Å²) in [5, 5.41) is 0. The van der Waals surface area contributed by atoms with E-state index in [4.69, 9.17) is 4.89 Å². The van der Waals surface area contributed by atoms with Crippen LogP contribution in [0.15, 0.2) is 42.8 Å². The summed E-state index contributed by atoms with van der Waals surface area (Å²) in [6.07, 6.45) is 2.33. The molecule has 0 atom stereocenters. The van der Waals surface area contributed by atoms with Gasteiger partial charge in [0.25, 0.3) is 0 Å². The molecule has 14 heavy (non-hydrogen) atoms. The van der Waals surface area contributed by atoms with Crippen LogP contribution >= 0.6 is 0 Å². The summed E-state index contributed by atoms with van der Waals surface area (Å²) >= 11 is 0. The van der Waals surface area contributed by atoms with E-state index in [0.29, 0.717) is 6.61 Å². The standard InChI is InChI=1S/C12H14O2/c1-3-9-13-14-10-12-7-5-11(4-2)6-8-12/h5-9H,1,4,10H2,2H3. The van der Waals surface area contributed by atoms with Gasteiger partial charge < -0.3 is 4.89 Å². The molecule has 0 saturated carbocycles. The summed E-state index contributed by atoms with van der Waals surface area (Å²) in [4.78, 5) is 9.52. The summed E-state index contributed by atoms with van der Waals surface area (Å²) in [6, 6.07) is 8.23. The Labute approximate surface area is 84.4 Å². The molecule has 2 nitrogen and oxygen atoms in total. The maximum absolute atomic E-state index is 4.88. The predicted molar refractivity (Wildman–Crippen MR) is 55.4 cm³/mol. The Hall–Kier alpha value is -1.50. The minimum absolute atomic E-state index is 0.433. The van der Waals surface area contributed by atoms with Crippen LogP contribution in [0.2, 0.25) is 0 Å². The number of rotatable bonds is 5. The van der Waals surface area contributed by atoms with Gasteiger partial charge in [0.2, 0.25) is 0 Å². The number of hydrogen-bond acceptors (Lipinski definition) is 2. The van der Waals surface area contributed by atoms with Crippen molar-refractivity contribution < 1.29 is 9.78 Å². The van der Waals surface area contributed by atoms with Crippen LogP contribution < -0.4 is 0 Å². The van der Waals surface area contributed by atoms with E-state index in [0.717, 1.165) is 12.0 Å². The highest BCUT2D eigenvalue weighted by molar-refractivity contribution is 5.21. The largest absolute Gasteiger partial charge is 0.337 e. The number of hydrogen-bond donors (Lipinski definition) is 0. The highest BCUT2D eigenvalue weighted by Crippen LogP contribution is 2.06. The molecule has 0 N–H and O–H groups in total. The van der Waals surface area contributed by atoms with Gasteiger partial charge in [-0.1, -0.05) is 43.5 Å². The lowest BCUT2D eigenvalue weighted by atomic mass is 10.1. The minimum Gasteiger partial charge on any atom is -0.337 e. The normalized spacial score (nSPS) is 9.21. The molecular weight excluding hydrogens is 176 g/mol. The average molecular weight is 190 g/mol. The third-order valence-electron chi connectivity index (χ3n) is 1.86. The van der Waals surface area contributed by atoms with E-state index >= 15 is 0 Å². The molecule has 74 valence electrons. The second-order valence-corrected chi connectivity index (χ2v) is 2.85. The Kier molecular flexibility index (Phi) is 4.56. The van der Waals surface area contributed by atoms with Gasteiger partial charge >= 0.3 is 0 Å². The van der Waals surface area contributed by atoms with Crippen molar-refractivity contribution in [1.29, 1.82) is 0 Å². The first-order valence-corrected chi connectivity index (χ1v) is 4.57. The van der Waals surface area contributed by atoms with Crippen LogP contribution in [0.1, 0.15) is 18.1 Å². The van der Waals surface area contributed by atoms with Crippen molar-refractivity contribution in [3.8, 4) is 0 Å². The van der Waals surface area contributed by atoms with Crippen molar-refractivity contribution in [1.82, 2.24) is 0 Å². The highest BCUT2D eigenvalue weighted by Gasteiger charge is 1.93. The van der Waals surface area contributed by atoms with Gasteiger partial charge in [-0.05, 0) is 17.5 Å². The molecule has 0 amide bonds. The van der Waals surface area contributed by atoms with Crippen molar-refractivity contribution in [3.63, 3.8) is 0 Å². The summed E-state index contributed by atoms with van der Waals surface area (Å²) in [7, 11) is 0. The molecule has 0 aliphatic heterocycles. The summed E-state index contributed by atoms with van der Waals surface area (Å²) in [5.74, 6) is 0. The fourth-order valence-corrected chi connectivity index (χ4v) is 1.04. The van der Waals surface area contributed by atoms with E-state index in [-0.39, 0.29) is 0 Å². The van der Waals surface area contributed by atoms with Crippen molar-refractivity contribution in [2.75, 3.05) is 0 Å². The monoisotopic (exact) mass is 190 g/mol. The minimum atomic E-state index is 0.433. The molecule has 1 aromatic rings. The van der Waals surface area contributed by atoms with Gasteiger partial charge in [0.1, 0.15) is 6.61 Å². The lowest BCUT2D eigenvalue weighted by molar-refractivity contribution is -0.258. The van der Waals surface area contributed by atoms with Gasteiger partial charge in [0.05, 0.1) is 0 Å². The topological polar surface area (TPSA) is 18.5 Å². The van der Waals surface area contributed by atoms with Gasteiger partial charge in [-0.25, -0.2) is 0 Å². The van der Waals surface area contributed by atoms with Crippen LogP contribution in [0.5, 0.6) is 0 Å². The van der Waals surface area contributed by atoms with Gasteiger partial charge in [-0.3, -0.25) is 0 Å². The molecule has 0 aromatic heterocycles. The van der Waals surface area contributed by atoms with Crippen molar-refractivity contribution >= 4 is 0 Å². The fourth-order valence-electron chi connectivity index (χ4n) is 1.04. The Morgan fingerprint density at radius 3 is 2.50 bits per heavy atom. The molecule has 0 spiro atoms. The van der Waals surface area contributed by atoms with E-state index in [1.165, 1.54) is 11.8 Å². The maximum atomic E-state index is 4.88. The maximum Gasteiger partial charge on any atom is 0.171 e. The molecule has 2 heteroatoms. The van der Waals surface area contributed by atoms with Crippen molar-refractivity contribution in [2.24, 2.45) is 0 Å². The van der Waals surface area contributed by atoms with Crippen LogP contribution in [0.25, 0.3) is 0 Å². The second-order valence-electron chi connectivity index (χ2n) is 2.85. The van der Waals surface area contributed by atoms with Crippen molar-refractivity contribution in [2.45, 2.75) is 20.0 Å². The first kappa shape index (κ1) is 10.6. The van der Waals surface area contributed by atoms with E-state index < -0.39 is 0 Å². The van der Waals surface area contributed by atoms with Crippen LogP contribution in [0, 0.1) is 0 Å². The van der Waals surface area contributed by atoms with Crippen LogP contribution in [-0.4, -0.2) is 0 Å². The average Bonchev–Trinajstić information content (AvgIpc) is 2.25. The zero-order valence-electron chi connectivity index (χ0n) is 8.32. The van der Waals surface area contributed by atoms with Crippen LogP contribution in [0.4, 0.5) is 0 Å². The number of benzene rings is 1. The first-order chi connectivity index (χ1) is 6.86. The van der Waals surface area contributed by atoms with Gasteiger partial charge in [-0.2, -0.15) is 4.89 Å². The molecule has 0 aliphatic carbocycles. The quantitative estimate of drug-likeness (QED) is 0.233. The lowest BCUT2D eigenvalue weighted by Crippen LogP contribution is -1.90. The molecule has 0 heterocycles. The summed E-state index contributed by atoms with van der Waals surface area (Å²) in [6.45, 7) is 5.90. The smallest absolute Gasteiger partial charge is 0.171 e.